The molecule has 1 aromatic rings. The number of halogens is 1. The zero-order chi connectivity index (χ0) is 15.3. The molecule has 0 aliphatic carbocycles. The zero-order valence-corrected chi connectivity index (χ0v) is 14.7. The van der Waals surface area contributed by atoms with Crippen molar-refractivity contribution in [1.82, 2.24) is 4.31 Å². The monoisotopic (exact) mass is 422 g/mol. The molecule has 116 valence electrons. The number of benzene rings is 1. The van der Waals surface area contributed by atoms with Crippen LogP contribution in [-0.2, 0) is 14.8 Å². The highest BCUT2D eigenvalue weighted by Crippen LogP contribution is 2.15. The molecule has 0 saturated carbocycles. The highest BCUT2D eigenvalue weighted by atomic mass is 127. The number of carbonyl (C=O) groups excluding carboxylic acids is 1. The third kappa shape index (κ3) is 5.23. The van der Waals surface area contributed by atoms with Gasteiger partial charge in [-0.1, -0.05) is 6.07 Å². The number of amides is 1. The van der Waals surface area contributed by atoms with Crippen LogP contribution in [0.1, 0.15) is 25.7 Å². The number of carbonyl (C=O) groups is 1. The SMILES string of the molecule is O=C(CCCS(=O)(=O)N1CCCC1)Nc1cccc(I)c1. The average Bonchev–Trinajstić information content (AvgIpc) is 2.93. The first-order valence-corrected chi connectivity index (χ1v) is 9.69. The van der Waals surface area contributed by atoms with Gasteiger partial charge in [0.25, 0.3) is 0 Å². The number of rotatable bonds is 6. The topological polar surface area (TPSA) is 66.5 Å². The Balaban J connectivity index is 1.76. The Morgan fingerprint density at radius 2 is 2.00 bits per heavy atom. The van der Waals surface area contributed by atoms with Gasteiger partial charge in [0.15, 0.2) is 0 Å². The van der Waals surface area contributed by atoms with Gasteiger partial charge < -0.3 is 5.32 Å². The lowest BCUT2D eigenvalue weighted by molar-refractivity contribution is -0.116. The van der Waals surface area contributed by atoms with Crippen molar-refractivity contribution < 1.29 is 13.2 Å². The van der Waals surface area contributed by atoms with Gasteiger partial charge in [-0.05, 0) is 60.1 Å². The van der Waals surface area contributed by atoms with E-state index in [2.05, 4.69) is 27.9 Å². The second-order valence-electron chi connectivity index (χ2n) is 5.08. The van der Waals surface area contributed by atoms with Crippen molar-refractivity contribution in [2.75, 3.05) is 24.2 Å². The lowest BCUT2D eigenvalue weighted by Crippen LogP contribution is -2.30. The molecule has 21 heavy (non-hydrogen) atoms. The Hall–Kier alpha value is -0.670. The van der Waals surface area contributed by atoms with E-state index in [1.165, 1.54) is 4.31 Å². The van der Waals surface area contributed by atoms with E-state index in [0.717, 1.165) is 22.1 Å². The van der Waals surface area contributed by atoms with Crippen LogP contribution in [0, 0.1) is 3.57 Å². The van der Waals surface area contributed by atoms with Crippen LogP contribution in [0.4, 0.5) is 5.69 Å². The highest BCUT2D eigenvalue weighted by molar-refractivity contribution is 14.1. The molecule has 0 unspecified atom stereocenters. The van der Waals surface area contributed by atoms with Gasteiger partial charge in [-0.2, -0.15) is 0 Å². The van der Waals surface area contributed by atoms with Gasteiger partial charge in [0.1, 0.15) is 0 Å². The van der Waals surface area contributed by atoms with Crippen LogP contribution in [0.5, 0.6) is 0 Å². The van der Waals surface area contributed by atoms with Gasteiger partial charge in [0.2, 0.25) is 15.9 Å². The van der Waals surface area contributed by atoms with Gasteiger partial charge in [-0.15, -0.1) is 0 Å². The molecule has 1 amide bonds. The van der Waals surface area contributed by atoms with Gasteiger partial charge in [0.05, 0.1) is 5.75 Å². The normalized spacial score (nSPS) is 16.0. The largest absolute Gasteiger partial charge is 0.326 e. The summed E-state index contributed by atoms with van der Waals surface area (Å²) in [6.45, 7) is 1.24. The first kappa shape index (κ1) is 16.7. The molecule has 1 aliphatic heterocycles. The summed E-state index contributed by atoms with van der Waals surface area (Å²) in [4.78, 5) is 11.8. The fraction of sp³-hybridized carbons (Fsp3) is 0.500. The summed E-state index contributed by atoms with van der Waals surface area (Å²) >= 11 is 2.18. The summed E-state index contributed by atoms with van der Waals surface area (Å²) in [5.74, 6) is -0.0964. The molecule has 7 heteroatoms. The van der Waals surface area contributed by atoms with Gasteiger partial charge in [-0.25, -0.2) is 12.7 Å². The molecule has 1 heterocycles. The van der Waals surface area contributed by atoms with E-state index >= 15 is 0 Å². The zero-order valence-electron chi connectivity index (χ0n) is 11.7. The summed E-state index contributed by atoms with van der Waals surface area (Å²) in [5.41, 5.74) is 0.745. The van der Waals surface area contributed by atoms with Crippen molar-refractivity contribution in [2.45, 2.75) is 25.7 Å². The standard InChI is InChI=1S/C14H19IN2O3S/c15-12-5-3-6-13(11-12)16-14(18)7-4-10-21(19,20)17-8-1-2-9-17/h3,5-6,11H,1-2,4,7-10H2,(H,16,18). The van der Waals surface area contributed by atoms with Crippen molar-refractivity contribution >= 4 is 44.2 Å². The minimum absolute atomic E-state index is 0.0484. The number of nitrogens with zero attached hydrogens (tertiary/aromatic N) is 1. The second kappa shape index (κ2) is 7.55. The van der Waals surface area contributed by atoms with Crippen molar-refractivity contribution in [3.8, 4) is 0 Å². The maximum Gasteiger partial charge on any atom is 0.224 e. The summed E-state index contributed by atoms with van der Waals surface area (Å²) in [7, 11) is -3.18. The number of hydrogen-bond donors (Lipinski definition) is 1. The Bertz CT molecular complexity index is 598. The van der Waals surface area contributed by atoms with E-state index in [4.69, 9.17) is 0 Å². The summed E-state index contributed by atoms with van der Waals surface area (Å²) in [6, 6.07) is 7.51. The van der Waals surface area contributed by atoms with E-state index in [1.807, 2.05) is 24.3 Å². The summed E-state index contributed by atoms with van der Waals surface area (Å²) in [6.07, 6.45) is 2.45. The molecule has 1 aliphatic rings. The molecule has 2 rings (SSSR count). The average molecular weight is 422 g/mol. The van der Waals surface area contributed by atoms with Crippen LogP contribution in [0.3, 0.4) is 0 Å². The fourth-order valence-electron chi connectivity index (χ4n) is 2.30. The van der Waals surface area contributed by atoms with Crippen molar-refractivity contribution in [1.29, 1.82) is 0 Å². The van der Waals surface area contributed by atoms with Crippen LogP contribution < -0.4 is 5.32 Å². The van der Waals surface area contributed by atoms with E-state index in [1.54, 1.807) is 0 Å². The number of sulfonamides is 1. The van der Waals surface area contributed by atoms with E-state index < -0.39 is 10.0 Å². The second-order valence-corrected chi connectivity index (χ2v) is 8.42. The molecule has 1 aromatic carbocycles. The summed E-state index contributed by atoms with van der Waals surface area (Å²) < 4.78 is 26.6. The Morgan fingerprint density at radius 1 is 1.29 bits per heavy atom. The number of anilines is 1. The Labute approximate surface area is 139 Å². The van der Waals surface area contributed by atoms with Gasteiger partial charge >= 0.3 is 0 Å². The summed E-state index contributed by atoms with van der Waals surface area (Å²) in [5, 5.41) is 2.79. The molecule has 1 saturated heterocycles. The van der Waals surface area contributed by atoms with Crippen LogP contribution in [0.25, 0.3) is 0 Å². The Kier molecular flexibility index (Phi) is 6.00. The molecule has 0 atom stereocenters. The number of hydrogen-bond acceptors (Lipinski definition) is 3. The van der Waals surface area contributed by atoms with Crippen molar-refractivity contribution in [3.63, 3.8) is 0 Å². The molecule has 0 aromatic heterocycles. The van der Waals surface area contributed by atoms with Crippen LogP contribution in [0.15, 0.2) is 24.3 Å². The van der Waals surface area contributed by atoms with Crippen LogP contribution in [-0.4, -0.2) is 37.5 Å². The van der Waals surface area contributed by atoms with Gasteiger partial charge in [0, 0.05) is 28.8 Å². The predicted octanol–water partition coefficient (Wildman–Crippen LogP) is 2.44. The third-order valence-electron chi connectivity index (χ3n) is 3.37. The Morgan fingerprint density at radius 3 is 2.67 bits per heavy atom. The van der Waals surface area contributed by atoms with E-state index in [9.17, 15) is 13.2 Å². The molecule has 1 fully saturated rings. The minimum Gasteiger partial charge on any atom is -0.326 e. The molecule has 0 radical (unpaired) electrons. The van der Waals surface area contributed by atoms with E-state index in [-0.39, 0.29) is 18.1 Å². The first-order chi connectivity index (χ1) is 9.97. The fourth-order valence-corrected chi connectivity index (χ4v) is 4.43. The minimum atomic E-state index is -3.18. The van der Waals surface area contributed by atoms with Crippen molar-refractivity contribution in [2.24, 2.45) is 0 Å². The van der Waals surface area contributed by atoms with Gasteiger partial charge in [-0.3, -0.25) is 4.79 Å². The van der Waals surface area contributed by atoms with E-state index in [0.29, 0.717) is 19.5 Å². The molecular formula is C14H19IN2O3S. The third-order valence-corrected chi connectivity index (χ3v) is 6.00. The smallest absolute Gasteiger partial charge is 0.224 e. The number of nitrogens with one attached hydrogen (secondary N) is 1. The highest BCUT2D eigenvalue weighted by Gasteiger charge is 2.24. The van der Waals surface area contributed by atoms with Crippen LogP contribution in [0.2, 0.25) is 0 Å². The van der Waals surface area contributed by atoms with Crippen molar-refractivity contribution in [3.05, 3.63) is 27.8 Å². The van der Waals surface area contributed by atoms with Crippen LogP contribution >= 0.6 is 22.6 Å². The molecule has 5 nitrogen and oxygen atoms in total. The lowest BCUT2D eigenvalue weighted by atomic mass is 10.3. The molecule has 1 N–H and O–H groups in total. The molecular weight excluding hydrogens is 403 g/mol. The lowest BCUT2D eigenvalue weighted by Gasteiger charge is -2.15. The maximum absolute atomic E-state index is 12.0. The first-order valence-electron chi connectivity index (χ1n) is 7.01. The molecule has 0 bridgehead atoms. The maximum atomic E-state index is 12.0. The predicted molar refractivity (Wildman–Crippen MR) is 91.6 cm³/mol. The quantitative estimate of drug-likeness (QED) is 0.717. The molecule has 0 spiro atoms.